The van der Waals surface area contributed by atoms with Gasteiger partial charge in [0.2, 0.25) is 5.91 Å². The fraction of sp³-hybridized carbons (Fsp3) is 0.440. The van der Waals surface area contributed by atoms with E-state index in [9.17, 15) is 19.1 Å². The molecule has 0 spiro atoms. The Balaban J connectivity index is 1.28. The Labute approximate surface area is 208 Å². The summed E-state index contributed by atoms with van der Waals surface area (Å²) >= 11 is 11.8. The molecule has 0 bridgehead atoms. The molecule has 2 fully saturated rings. The van der Waals surface area contributed by atoms with Crippen LogP contribution in [-0.2, 0) is 10.4 Å². The third-order valence-corrected chi connectivity index (χ3v) is 7.80. The molecule has 9 heteroatoms. The maximum absolute atomic E-state index is 13.3. The molecule has 3 atom stereocenters. The summed E-state index contributed by atoms with van der Waals surface area (Å²) in [5.74, 6) is -0.875. The Bertz CT molecular complexity index is 1070. The zero-order valence-electron chi connectivity index (χ0n) is 18.9. The van der Waals surface area contributed by atoms with Gasteiger partial charge in [0.15, 0.2) is 0 Å². The number of halogens is 3. The van der Waals surface area contributed by atoms with Gasteiger partial charge in [-0.3, -0.25) is 14.5 Å². The topological polar surface area (TPSA) is 72.9 Å². The van der Waals surface area contributed by atoms with E-state index in [4.69, 9.17) is 23.2 Å². The molecule has 0 saturated carbocycles. The van der Waals surface area contributed by atoms with E-state index in [0.717, 1.165) is 12.0 Å². The van der Waals surface area contributed by atoms with Gasteiger partial charge >= 0.3 is 0 Å². The number of amides is 2. The van der Waals surface area contributed by atoms with Gasteiger partial charge in [0.1, 0.15) is 5.82 Å². The van der Waals surface area contributed by atoms with Crippen LogP contribution in [0.5, 0.6) is 0 Å². The molecular formula is C25H28Cl2FN3O3. The van der Waals surface area contributed by atoms with Crippen molar-refractivity contribution in [3.63, 3.8) is 0 Å². The molecule has 2 amide bonds. The van der Waals surface area contributed by atoms with Crippen molar-refractivity contribution in [2.45, 2.75) is 31.4 Å². The summed E-state index contributed by atoms with van der Waals surface area (Å²) in [5.41, 5.74) is 0.0899. The number of hydrogen-bond donors (Lipinski definition) is 2. The zero-order valence-corrected chi connectivity index (χ0v) is 20.4. The van der Waals surface area contributed by atoms with Crippen LogP contribution in [-0.4, -0.2) is 65.5 Å². The van der Waals surface area contributed by atoms with E-state index >= 15 is 0 Å². The molecular weight excluding hydrogens is 480 g/mol. The van der Waals surface area contributed by atoms with Crippen LogP contribution in [0.4, 0.5) is 4.39 Å². The fourth-order valence-corrected chi connectivity index (χ4v) is 5.23. The number of carbonyl (C=O) groups excluding carboxylic acids is 2. The van der Waals surface area contributed by atoms with Crippen LogP contribution in [0.25, 0.3) is 0 Å². The molecule has 3 unspecified atom stereocenters. The molecule has 34 heavy (non-hydrogen) atoms. The first-order valence-electron chi connectivity index (χ1n) is 11.4. The minimum absolute atomic E-state index is 0.0399. The molecule has 0 aliphatic carbocycles. The van der Waals surface area contributed by atoms with Crippen molar-refractivity contribution in [3.8, 4) is 0 Å². The summed E-state index contributed by atoms with van der Waals surface area (Å²) in [4.78, 5) is 29.1. The lowest BCUT2D eigenvalue weighted by Gasteiger charge is -2.45. The van der Waals surface area contributed by atoms with Crippen LogP contribution in [0.15, 0.2) is 42.5 Å². The maximum Gasteiger partial charge on any atom is 0.251 e. The first kappa shape index (κ1) is 24.9. The van der Waals surface area contributed by atoms with Gasteiger partial charge in [-0.2, -0.15) is 0 Å². The molecule has 2 N–H and O–H groups in total. The van der Waals surface area contributed by atoms with Crippen molar-refractivity contribution in [2.24, 2.45) is 5.92 Å². The summed E-state index contributed by atoms with van der Waals surface area (Å²) in [6.07, 6.45) is 1.39. The van der Waals surface area contributed by atoms with Crippen LogP contribution in [0.1, 0.15) is 35.7 Å². The summed E-state index contributed by atoms with van der Waals surface area (Å²) in [6.45, 7) is 4.51. The number of piperidine rings is 1. The van der Waals surface area contributed by atoms with Gasteiger partial charge in [-0.25, -0.2) is 4.39 Å². The van der Waals surface area contributed by atoms with Crippen molar-refractivity contribution in [3.05, 3.63) is 69.5 Å². The van der Waals surface area contributed by atoms with Gasteiger partial charge in [0.25, 0.3) is 5.91 Å². The van der Waals surface area contributed by atoms with E-state index in [0.29, 0.717) is 43.2 Å². The third-order valence-electron chi connectivity index (χ3n) is 7.06. The lowest BCUT2D eigenvalue weighted by Crippen LogP contribution is -2.53. The van der Waals surface area contributed by atoms with E-state index in [-0.39, 0.29) is 41.2 Å². The number of benzene rings is 2. The molecule has 2 saturated heterocycles. The first-order valence-corrected chi connectivity index (χ1v) is 12.2. The van der Waals surface area contributed by atoms with E-state index in [2.05, 4.69) is 10.2 Å². The largest absolute Gasteiger partial charge is 0.385 e. The van der Waals surface area contributed by atoms with Crippen molar-refractivity contribution in [2.75, 3.05) is 32.7 Å². The van der Waals surface area contributed by atoms with Crippen LogP contribution >= 0.6 is 23.2 Å². The van der Waals surface area contributed by atoms with Gasteiger partial charge in [0.05, 0.1) is 22.2 Å². The number of hydrogen-bond acceptors (Lipinski definition) is 4. The first-order chi connectivity index (χ1) is 16.2. The van der Waals surface area contributed by atoms with E-state index in [1.54, 1.807) is 29.2 Å². The molecule has 2 heterocycles. The SMILES string of the molecule is CC1CN(C2CCN(C(=O)CNC(=O)c3ccc(Cl)c(Cl)c3)C2)CCC1(O)c1ccc(F)cc1. The number of rotatable bonds is 5. The highest BCUT2D eigenvalue weighted by Gasteiger charge is 2.43. The molecule has 0 radical (unpaired) electrons. The normalized spacial score (nSPS) is 25.4. The number of likely N-dealkylation sites (tertiary alicyclic amines) is 2. The summed E-state index contributed by atoms with van der Waals surface area (Å²) in [5, 5.41) is 14.6. The Morgan fingerprint density at radius 3 is 2.53 bits per heavy atom. The second kappa shape index (κ2) is 10.2. The smallest absolute Gasteiger partial charge is 0.251 e. The Kier molecular flexibility index (Phi) is 7.48. The minimum Gasteiger partial charge on any atom is -0.385 e. The molecule has 2 aromatic rings. The lowest BCUT2D eigenvalue weighted by molar-refractivity contribution is -0.129. The third kappa shape index (κ3) is 5.23. The molecule has 182 valence electrons. The average molecular weight is 508 g/mol. The Hall–Kier alpha value is -2.19. The van der Waals surface area contributed by atoms with E-state index in [1.165, 1.54) is 18.2 Å². The van der Waals surface area contributed by atoms with Gasteiger partial charge in [-0.05, 0) is 48.7 Å². The molecule has 2 aliphatic heterocycles. The zero-order chi connectivity index (χ0) is 24.5. The molecule has 0 aromatic heterocycles. The quantitative estimate of drug-likeness (QED) is 0.647. The Morgan fingerprint density at radius 1 is 1.12 bits per heavy atom. The second-order valence-corrected chi connectivity index (χ2v) is 9.99. The van der Waals surface area contributed by atoms with Crippen LogP contribution < -0.4 is 5.32 Å². The lowest BCUT2D eigenvalue weighted by atomic mass is 9.76. The number of carbonyl (C=O) groups is 2. The Morgan fingerprint density at radius 2 is 1.85 bits per heavy atom. The van der Waals surface area contributed by atoms with Gasteiger partial charge in [-0.1, -0.05) is 42.3 Å². The van der Waals surface area contributed by atoms with Gasteiger partial charge < -0.3 is 15.3 Å². The van der Waals surface area contributed by atoms with Crippen LogP contribution in [0, 0.1) is 11.7 Å². The predicted molar refractivity (Wildman–Crippen MR) is 129 cm³/mol. The van der Waals surface area contributed by atoms with Gasteiger partial charge in [-0.15, -0.1) is 0 Å². The summed E-state index contributed by atoms with van der Waals surface area (Å²) in [6, 6.07) is 10.9. The summed E-state index contributed by atoms with van der Waals surface area (Å²) in [7, 11) is 0. The molecule has 2 aromatic carbocycles. The summed E-state index contributed by atoms with van der Waals surface area (Å²) < 4.78 is 13.3. The van der Waals surface area contributed by atoms with Crippen molar-refractivity contribution in [1.82, 2.24) is 15.1 Å². The molecule has 6 nitrogen and oxygen atoms in total. The van der Waals surface area contributed by atoms with Crippen LogP contribution in [0.2, 0.25) is 10.0 Å². The highest BCUT2D eigenvalue weighted by molar-refractivity contribution is 6.42. The van der Waals surface area contributed by atoms with Gasteiger partial charge in [0, 0.05) is 43.7 Å². The van der Waals surface area contributed by atoms with E-state index < -0.39 is 5.60 Å². The average Bonchev–Trinajstić information content (AvgIpc) is 3.31. The maximum atomic E-state index is 13.3. The number of aliphatic hydroxyl groups is 1. The highest BCUT2D eigenvalue weighted by atomic mass is 35.5. The van der Waals surface area contributed by atoms with Crippen molar-refractivity contribution >= 4 is 35.0 Å². The minimum atomic E-state index is -0.993. The number of nitrogens with one attached hydrogen (secondary N) is 1. The second-order valence-electron chi connectivity index (χ2n) is 9.17. The molecule has 2 aliphatic rings. The fourth-order valence-electron chi connectivity index (χ4n) is 4.93. The predicted octanol–water partition coefficient (Wildman–Crippen LogP) is 3.69. The van der Waals surface area contributed by atoms with Crippen molar-refractivity contribution in [1.29, 1.82) is 0 Å². The standard InChI is InChI=1S/C25H28Cl2FN3O3/c1-16-14-30(11-9-25(16,34)18-3-5-19(28)6-4-18)20-8-10-31(15-20)23(32)13-29-24(33)17-2-7-21(26)22(27)12-17/h2-7,12,16,20,34H,8-11,13-15H2,1H3,(H,29,33). The molecule has 4 rings (SSSR count). The number of nitrogens with zero attached hydrogens (tertiary/aromatic N) is 2. The van der Waals surface area contributed by atoms with Crippen LogP contribution in [0.3, 0.4) is 0 Å². The van der Waals surface area contributed by atoms with E-state index in [1.807, 2.05) is 6.92 Å². The van der Waals surface area contributed by atoms with Crippen molar-refractivity contribution < 1.29 is 19.1 Å². The monoisotopic (exact) mass is 507 g/mol. The highest BCUT2D eigenvalue weighted by Crippen LogP contribution is 2.38.